The average Bonchev–Trinajstić information content (AvgIpc) is 3.13. The molecule has 2 fully saturated rings. The van der Waals surface area contributed by atoms with Crippen molar-refractivity contribution < 1.29 is 29.3 Å². The van der Waals surface area contributed by atoms with Gasteiger partial charge >= 0.3 is 0 Å². The SMILES string of the molecule is CCCOc1ccc(C(O)=C2C(=O)C(=O)N(CCCN3CCOCC3)[C@@H]2c2ccc(O)cc2)cc1. The van der Waals surface area contributed by atoms with Crippen molar-refractivity contribution in [1.82, 2.24) is 9.80 Å². The number of amides is 1. The number of rotatable bonds is 9. The maximum atomic E-state index is 13.1. The first-order chi connectivity index (χ1) is 17.0. The Morgan fingerprint density at radius 1 is 1.03 bits per heavy atom. The molecule has 0 aromatic heterocycles. The van der Waals surface area contributed by atoms with Gasteiger partial charge in [0.25, 0.3) is 11.7 Å². The lowest BCUT2D eigenvalue weighted by Gasteiger charge is -2.29. The molecule has 0 saturated carbocycles. The van der Waals surface area contributed by atoms with Gasteiger partial charge in [0.15, 0.2) is 0 Å². The van der Waals surface area contributed by atoms with E-state index in [-0.39, 0.29) is 17.1 Å². The predicted octanol–water partition coefficient (Wildman–Crippen LogP) is 3.33. The van der Waals surface area contributed by atoms with E-state index < -0.39 is 17.7 Å². The number of benzene rings is 2. The molecule has 2 heterocycles. The Hall–Kier alpha value is -3.36. The summed E-state index contributed by atoms with van der Waals surface area (Å²) in [6, 6.07) is 12.5. The molecule has 8 nitrogen and oxygen atoms in total. The average molecular weight is 481 g/mol. The summed E-state index contributed by atoms with van der Waals surface area (Å²) >= 11 is 0. The highest BCUT2D eigenvalue weighted by molar-refractivity contribution is 6.46. The lowest BCUT2D eigenvalue weighted by Crippen LogP contribution is -2.38. The molecule has 4 rings (SSSR count). The van der Waals surface area contributed by atoms with E-state index in [0.29, 0.717) is 49.7 Å². The maximum absolute atomic E-state index is 13.1. The highest BCUT2D eigenvalue weighted by Crippen LogP contribution is 2.40. The molecule has 2 aliphatic rings. The van der Waals surface area contributed by atoms with Gasteiger partial charge in [-0.05, 0) is 54.8 Å². The fraction of sp³-hybridized carbons (Fsp3) is 0.407. The highest BCUT2D eigenvalue weighted by Gasteiger charge is 2.45. The number of carbonyl (C=O) groups is 2. The van der Waals surface area contributed by atoms with Crippen molar-refractivity contribution in [3.8, 4) is 11.5 Å². The number of nitrogens with zero attached hydrogens (tertiary/aromatic N) is 2. The lowest BCUT2D eigenvalue weighted by molar-refractivity contribution is -0.140. The van der Waals surface area contributed by atoms with E-state index in [0.717, 1.165) is 26.1 Å². The van der Waals surface area contributed by atoms with Crippen LogP contribution in [0.5, 0.6) is 11.5 Å². The molecule has 0 aliphatic carbocycles. The van der Waals surface area contributed by atoms with Crippen molar-refractivity contribution in [2.75, 3.05) is 46.0 Å². The van der Waals surface area contributed by atoms with Crippen LogP contribution < -0.4 is 4.74 Å². The zero-order valence-electron chi connectivity index (χ0n) is 20.0. The maximum Gasteiger partial charge on any atom is 0.295 e. The Morgan fingerprint density at radius 3 is 2.37 bits per heavy atom. The van der Waals surface area contributed by atoms with E-state index in [2.05, 4.69) is 4.90 Å². The van der Waals surface area contributed by atoms with Gasteiger partial charge < -0.3 is 24.6 Å². The minimum absolute atomic E-state index is 0.0503. The molecule has 8 heteroatoms. The molecule has 2 saturated heterocycles. The molecule has 1 atom stereocenters. The number of ketones is 1. The second kappa shape index (κ2) is 11.4. The van der Waals surface area contributed by atoms with E-state index in [9.17, 15) is 19.8 Å². The Kier molecular flexibility index (Phi) is 8.05. The molecular weight excluding hydrogens is 448 g/mol. The van der Waals surface area contributed by atoms with Gasteiger partial charge in [-0.15, -0.1) is 0 Å². The molecule has 2 N–H and O–H groups in total. The third-order valence-corrected chi connectivity index (χ3v) is 6.33. The summed E-state index contributed by atoms with van der Waals surface area (Å²) in [6.45, 7) is 6.84. The van der Waals surface area contributed by atoms with Gasteiger partial charge in [0.05, 0.1) is 31.4 Å². The number of Topliss-reactive ketones (excluding diaryl/α,β-unsaturated/α-hetero) is 1. The molecule has 1 amide bonds. The summed E-state index contributed by atoms with van der Waals surface area (Å²) in [4.78, 5) is 30.0. The third-order valence-electron chi connectivity index (χ3n) is 6.33. The van der Waals surface area contributed by atoms with Crippen molar-refractivity contribution in [2.45, 2.75) is 25.8 Å². The minimum Gasteiger partial charge on any atom is -0.508 e. The first-order valence-electron chi connectivity index (χ1n) is 12.1. The fourth-order valence-corrected chi connectivity index (χ4v) is 4.49. The van der Waals surface area contributed by atoms with Crippen LogP contribution in [0.2, 0.25) is 0 Å². The highest BCUT2D eigenvalue weighted by atomic mass is 16.5. The Balaban J connectivity index is 1.63. The van der Waals surface area contributed by atoms with Crippen LogP contribution in [0.15, 0.2) is 54.1 Å². The molecule has 0 bridgehead atoms. The van der Waals surface area contributed by atoms with Crippen molar-refractivity contribution in [1.29, 1.82) is 0 Å². The van der Waals surface area contributed by atoms with E-state index in [1.54, 1.807) is 36.4 Å². The number of ether oxygens (including phenoxy) is 2. The third kappa shape index (κ3) is 5.66. The molecular formula is C27H32N2O6. The quantitative estimate of drug-likeness (QED) is 0.323. The Labute approximate surface area is 205 Å². The normalized spacial score (nSPS) is 20.4. The van der Waals surface area contributed by atoms with Crippen LogP contribution in [-0.4, -0.2) is 77.7 Å². The second-order valence-electron chi connectivity index (χ2n) is 8.76. The van der Waals surface area contributed by atoms with Gasteiger partial charge in [-0.3, -0.25) is 14.5 Å². The molecule has 2 aromatic carbocycles. The van der Waals surface area contributed by atoms with Crippen molar-refractivity contribution in [3.05, 3.63) is 65.2 Å². The molecule has 35 heavy (non-hydrogen) atoms. The van der Waals surface area contributed by atoms with Crippen LogP contribution in [0.3, 0.4) is 0 Å². The van der Waals surface area contributed by atoms with Gasteiger partial charge in [0.1, 0.15) is 17.3 Å². The number of phenolic OH excluding ortho intramolecular Hbond substituents is 1. The van der Waals surface area contributed by atoms with Crippen molar-refractivity contribution in [3.63, 3.8) is 0 Å². The summed E-state index contributed by atoms with van der Waals surface area (Å²) in [7, 11) is 0. The molecule has 2 aliphatic heterocycles. The number of carbonyl (C=O) groups excluding carboxylic acids is 2. The van der Waals surface area contributed by atoms with E-state index in [1.807, 2.05) is 6.92 Å². The van der Waals surface area contributed by atoms with Crippen LogP contribution in [0.25, 0.3) is 5.76 Å². The number of phenols is 1. The van der Waals surface area contributed by atoms with Crippen LogP contribution in [0, 0.1) is 0 Å². The first-order valence-corrected chi connectivity index (χ1v) is 12.1. The van der Waals surface area contributed by atoms with Crippen LogP contribution in [0.1, 0.15) is 36.9 Å². The van der Waals surface area contributed by atoms with Gasteiger partial charge in [-0.25, -0.2) is 0 Å². The van der Waals surface area contributed by atoms with Gasteiger partial charge in [0, 0.05) is 31.7 Å². The summed E-state index contributed by atoms with van der Waals surface area (Å²) in [6.07, 6.45) is 1.56. The number of likely N-dealkylation sites (tertiary alicyclic amines) is 1. The number of hydrogen-bond donors (Lipinski definition) is 2. The van der Waals surface area contributed by atoms with Gasteiger partial charge in [-0.1, -0.05) is 19.1 Å². The van der Waals surface area contributed by atoms with Crippen molar-refractivity contribution in [2.24, 2.45) is 0 Å². The zero-order valence-corrected chi connectivity index (χ0v) is 20.0. The lowest BCUT2D eigenvalue weighted by atomic mass is 9.95. The van der Waals surface area contributed by atoms with E-state index >= 15 is 0 Å². The molecule has 0 spiro atoms. The number of aliphatic hydroxyl groups is 1. The van der Waals surface area contributed by atoms with Gasteiger partial charge in [-0.2, -0.15) is 0 Å². The standard InChI is InChI=1S/C27H32N2O6/c1-2-16-35-22-10-6-20(7-11-22)25(31)23-24(19-4-8-21(30)9-5-19)29(27(33)26(23)32)13-3-12-28-14-17-34-18-15-28/h4-11,24,30-31H,2-3,12-18H2,1H3/t24-/m1/s1. The van der Waals surface area contributed by atoms with E-state index in [4.69, 9.17) is 9.47 Å². The van der Waals surface area contributed by atoms with E-state index in [1.165, 1.54) is 17.0 Å². The number of morpholine rings is 1. The summed E-state index contributed by atoms with van der Waals surface area (Å²) in [5.41, 5.74) is 1.14. The van der Waals surface area contributed by atoms with Gasteiger partial charge in [0.2, 0.25) is 0 Å². The Bertz CT molecular complexity index is 1060. The largest absolute Gasteiger partial charge is 0.508 e. The number of hydrogen-bond acceptors (Lipinski definition) is 7. The first kappa shape index (κ1) is 24.8. The van der Waals surface area contributed by atoms with Crippen LogP contribution in [-0.2, 0) is 14.3 Å². The van der Waals surface area contributed by atoms with Crippen LogP contribution >= 0.6 is 0 Å². The molecule has 186 valence electrons. The molecule has 0 radical (unpaired) electrons. The number of aliphatic hydroxyl groups excluding tert-OH is 1. The minimum atomic E-state index is -0.740. The predicted molar refractivity (Wildman–Crippen MR) is 131 cm³/mol. The topological polar surface area (TPSA) is 99.5 Å². The summed E-state index contributed by atoms with van der Waals surface area (Å²) in [5.74, 6) is -0.811. The smallest absolute Gasteiger partial charge is 0.295 e. The molecule has 0 unspecified atom stereocenters. The summed E-state index contributed by atoms with van der Waals surface area (Å²) < 4.78 is 11.0. The zero-order chi connectivity index (χ0) is 24.8. The summed E-state index contributed by atoms with van der Waals surface area (Å²) in [5, 5.41) is 20.9. The second-order valence-corrected chi connectivity index (χ2v) is 8.76. The fourth-order valence-electron chi connectivity index (χ4n) is 4.49. The monoisotopic (exact) mass is 480 g/mol. The Morgan fingerprint density at radius 2 is 1.71 bits per heavy atom. The van der Waals surface area contributed by atoms with Crippen molar-refractivity contribution >= 4 is 17.4 Å². The molecule has 2 aromatic rings. The number of aromatic hydroxyl groups is 1. The van der Waals surface area contributed by atoms with Crippen LogP contribution in [0.4, 0.5) is 0 Å².